The number of pyridine rings is 1. The zero-order valence-corrected chi connectivity index (χ0v) is 11.8. The molecule has 1 aliphatic rings. The van der Waals surface area contributed by atoms with Crippen LogP contribution in [0.2, 0.25) is 0 Å². The van der Waals surface area contributed by atoms with Crippen LogP contribution in [0.1, 0.15) is 12.0 Å². The van der Waals surface area contributed by atoms with Crippen LogP contribution in [0.25, 0.3) is 0 Å². The van der Waals surface area contributed by atoms with Crippen molar-refractivity contribution in [1.82, 2.24) is 14.8 Å². The highest BCUT2D eigenvalue weighted by atomic mass is 16.4. The van der Waals surface area contributed by atoms with Crippen molar-refractivity contribution in [2.45, 2.75) is 25.0 Å². The predicted octanol–water partition coefficient (Wildman–Crippen LogP) is 0.196. The summed E-state index contributed by atoms with van der Waals surface area (Å²) in [6.45, 7) is 0.539. The van der Waals surface area contributed by atoms with Gasteiger partial charge < -0.3 is 20.0 Å². The van der Waals surface area contributed by atoms with Gasteiger partial charge in [0, 0.05) is 39.0 Å². The molecule has 2 unspecified atom stereocenters. The monoisotopic (exact) mass is 293 g/mol. The first-order valence-corrected chi connectivity index (χ1v) is 6.80. The zero-order chi connectivity index (χ0) is 15.4. The van der Waals surface area contributed by atoms with Gasteiger partial charge in [0.2, 0.25) is 0 Å². The molecule has 2 amide bonds. The third-order valence-electron chi connectivity index (χ3n) is 3.62. The molecule has 7 nitrogen and oxygen atoms in total. The summed E-state index contributed by atoms with van der Waals surface area (Å²) < 4.78 is 0. The summed E-state index contributed by atoms with van der Waals surface area (Å²) in [5.41, 5.74) is 1.06. The minimum Gasteiger partial charge on any atom is -0.480 e. The molecular weight excluding hydrogens is 274 g/mol. The molecule has 2 heterocycles. The van der Waals surface area contributed by atoms with Crippen LogP contribution in [0.5, 0.6) is 0 Å². The van der Waals surface area contributed by atoms with Gasteiger partial charge in [0.25, 0.3) is 0 Å². The van der Waals surface area contributed by atoms with E-state index in [9.17, 15) is 14.7 Å². The van der Waals surface area contributed by atoms with E-state index in [-0.39, 0.29) is 19.0 Å². The fourth-order valence-electron chi connectivity index (χ4n) is 2.42. The zero-order valence-electron chi connectivity index (χ0n) is 11.8. The number of nitrogens with zero attached hydrogens (tertiary/aromatic N) is 3. The van der Waals surface area contributed by atoms with E-state index in [1.54, 1.807) is 19.4 Å². The summed E-state index contributed by atoms with van der Waals surface area (Å²) >= 11 is 0. The lowest BCUT2D eigenvalue weighted by atomic mass is 10.2. The highest BCUT2D eigenvalue weighted by Gasteiger charge is 2.39. The van der Waals surface area contributed by atoms with Crippen molar-refractivity contribution in [3.8, 4) is 0 Å². The Morgan fingerprint density at radius 2 is 2.10 bits per heavy atom. The van der Waals surface area contributed by atoms with Crippen LogP contribution in [-0.4, -0.2) is 69.3 Å². The molecule has 114 valence electrons. The number of aliphatic hydroxyl groups is 1. The summed E-state index contributed by atoms with van der Waals surface area (Å²) in [4.78, 5) is 30.1. The van der Waals surface area contributed by atoms with Crippen molar-refractivity contribution in [2.75, 3.05) is 20.1 Å². The van der Waals surface area contributed by atoms with E-state index in [4.69, 9.17) is 5.11 Å². The van der Waals surface area contributed by atoms with E-state index in [2.05, 4.69) is 4.98 Å². The van der Waals surface area contributed by atoms with Crippen LogP contribution >= 0.6 is 0 Å². The maximum Gasteiger partial charge on any atom is 0.326 e. The first-order chi connectivity index (χ1) is 9.99. The van der Waals surface area contributed by atoms with E-state index >= 15 is 0 Å². The number of aliphatic hydroxyl groups excluding tert-OH is 1. The summed E-state index contributed by atoms with van der Waals surface area (Å²) in [5, 5.41) is 18.7. The van der Waals surface area contributed by atoms with Gasteiger partial charge in [-0.3, -0.25) is 4.98 Å². The molecule has 7 heteroatoms. The summed E-state index contributed by atoms with van der Waals surface area (Å²) in [6.07, 6.45) is 3.35. The van der Waals surface area contributed by atoms with E-state index in [1.807, 2.05) is 12.1 Å². The molecule has 2 atom stereocenters. The van der Waals surface area contributed by atoms with Gasteiger partial charge in [-0.25, -0.2) is 9.59 Å². The first-order valence-electron chi connectivity index (χ1n) is 6.80. The van der Waals surface area contributed by atoms with Gasteiger partial charge >= 0.3 is 12.0 Å². The number of hydrogen-bond acceptors (Lipinski definition) is 4. The second-order valence-electron chi connectivity index (χ2n) is 5.21. The normalized spacial score (nSPS) is 21.3. The largest absolute Gasteiger partial charge is 0.480 e. The van der Waals surface area contributed by atoms with Gasteiger partial charge in [-0.15, -0.1) is 0 Å². The molecule has 1 saturated heterocycles. The van der Waals surface area contributed by atoms with Gasteiger partial charge in [0.05, 0.1) is 6.10 Å². The Morgan fingerprint density at radius 1 is 1.43 bits per heavy atom. The van der Waals surface area contributed by atoms with Gasteiger partial charge in [-0.05, 0) is 24.1 Å². The number of carboxylic acid groups (broad SMARTS) is 1. The number of aromatic nitrogens is 1. The summed E-state index contributed by atoms with van der Waals surface area (Å²) in [5.74, 6) is -1.08. The highest BCUT2D eigenvalue weighted by molar-refractivity contribution is 5.83. The number of β-amino-alcohol motifs (C(OH)–C–C–N with tert-alkyl or cyclic N) is 1. The lowest BCUT2D eigenvalue weighted by Crippen LogP contribution is -2.47. The van der Waals surface area contributed by atoms with E-state index in [0.717, 1.165) is 5.56 Å². The third-order valence-corrected chi connectivity index (χ3v) is 3.62. The van der Waals surface area contributed by atoms with Crippen LogP contribution in [-0.2, 0) is 11.2 Å². The molecule has 0 saturated carbocycles. The maximum absolute atomic E-state index is 12.3. The average Bonchev–Trinajstić information content (AvgIpc) is 2.87. The molecule has 1 fully saturated rings. The van der Waals surface area contributed by atoms with Crippen molar-refractivity contribution < 1.29 is 19.8 Å². The third kappa shape index (κ3) is 3.69. The second-order valence-corrected chi connectivity index (χ2v) is 5.21. The Balaban J connectivity index is 1.94. The second kappa shape index (κ2) is 6.53. The lowest BCUT2D eigenvalue weighted by molar-refractivity contribution is -0.141. The molecule has 0 bridgehead atoms. The van der Waals surface area contributed by atoms with E-state index < -0.39 is 18.1 Å². The van der Waals surface area contributed by atoms with Crippen molar-refractivity contribution >= 4 is 12.0 Å². The number of carboxylic acids is 1. The molecule has 0 aromatic carbocycles. The maximum atomic E-state index is 12.3. The Bertz CT molecular complexity index is 508. The van der Waals surface area contributed by atoms with E-state index in [1.165, 1.54) is 9.80 Å². The van der Waals surface area contributed by atoms with Gasteiger partial charge in [0.1, 0.15) is 6.04 Å². The number of carbonyl (C=O) groups excluding carboxylic acids is 1. The number of carbonyl (C=O) groups is 2. The highest BCUT2D eigenvalue weighted by Crippen LogP contribution is 2.19. The topological polar surface area (TPSA) is 94.0 Å². The molecule has 0 aliphatic carbocycles. The van der Waals surface area contributed by atoms with Gasteiger partial charge in [-0.2, -0.15) is 0 Å². The standard InChI is InChI=1S/C14H19N3O4/c1-16(7-4-10-2-5-15-6-3-10)14(21)17-9-11(18)8-12(17)13(19)20/h2-3,5-6,11-12,18H,4,7-9H2,1H3,(H,19,20). The quantitative estimate of drug-likeness (QED) is 0.827. The van der Waals surface area contributed by atoms with Gasteiger partial charge in [0.15, 0.2) is 0 Å². The van der Waals surface area contributed by atoms with Crippen LogP contribution in [0.3, 0.4) is 0 Å². The Morgan fingerprint density at radius 3 is 2.71 bits per heavy atom. The Hall–Kier alpha value is -2.15. The predicted molar refractivity (Wildman–Crippen MR) is 74.7 cm³/mol. The van der Waals surface area contributed by atoms with Crippen LogP contribution < -0.4 is 0 Å². The molecule has 0 radical (unpaired) electrons. The number of likely N-dealkylation sites (tertiary alicyclic amines) is 1. The molecule has 2 N–H and O–H groups in total. The fraction of sp³-hybridized carbons (Fsp3) is 0.500. The average molecular weight is 293 g/mol. The van der Waals surface area contributed by atoms with Crippen molar-refractivity contribution in [3.05, 3.63) is 30.1 Å². The fourth-order valence-corrected chi connectivity index (χ4v) is 2.42. The number of amides is 2. The van der Waals surface area contributed by atoms with Crippen LogP contribution in [0.15, 0.2) is 24.5 Å². The van der Waals surface area contributed by atoms with Crippen molar-refractivity contribution in [3.63, 3.8) is 0 Å². The SMILES string of the molecule is CN(CCc1ccncc1)C(=O)N1CC(O)CC1C(=O)O. The molecule has 0 spiro atoms. The summed E-state index contributed by atoms with van der Waals surface area (Å²) in [7, 11) is 1.63. The number of likely N-dealkylation sites (N-methyl/N-ethyl adjacent to an activating group) is 1. The minimum absolute atomic E-state index is 0.0649. The smallest absolute Gasteiger partial charge is 0.326 e. The number of hydrogen-bond donors (Lipinski definition) is 2. The minimum atomic E-state index is -1.08. The number of rotatable bonds is 4. The Kier molecular flexibility index (Phi) is 4.74. The molecular formula is C14H19N3O4. The van der Waals surface area contributed by atoms with E-state index in [0.29, 0.717) is 13.0 Å². The molecule has 1 aromatic heterocycles. The van der Waals surface area contributed by atoms with Crippen LogP contribution in [0, 0.1) is 0 Å². The van der Waals surface area contributed by atoms with Crippen molar-refractivity contribution in [2.24, 2.45) is 0 Å². The summed E-state index contributed by atoms with van der Waals surface area (Å²) in [6, 6.07) is 2.43. The van der Waals surface area contributed by atoms with Crippen LogP contribution in [0.4, 0.5) is 4.79 Å². The van der Waals surface area contributed by atoms with Crippen molar-refractivity contribution in [1.29, 1.82) is 0 Å². The molecule has 2 rings (SSSR count). The first kappa shape index (κ1) is 15.2. The molecule has 1 aliphatic heterocycles. The number of urea groups is 1. The Labute approximate surface area is 122 Å². The lowest BCUT2D eigenvalue weighted by Gasteiger charge is -2.27. The number of aliphatic carboxylic acids is 1. The molecule has 21 heavy (non-hydrogen) atoms. The van der Waals surface area contributed by atoms with Gasteiger partial charge in [-0.1, -0.05) is 0 Å². The molecule has 1 aromatic rings.